The van der Waals surface area contributed by atoms with Crippen LogP contribution in [0.4, 0.5) is 5.13 Å². The third-order valence-corrected chi connectivity index (χ3v) is 9.84. The fraction of sp³-hybridized carbons (Fsp3) is 0.364. The molecule has 0 radical (unpaired) electrons. The van der Waals surface area contributed by atoms with E-state index in [4.69, 9.17) is 11.6 Å². The molecule has 10 heteroatoms. The molecule has 1 amide bonds. The van der Waals surface area contributed by atoms with Gasteiger partial charge < -0.3 is 5.32 Å². The zero-order chi connectivity index (χ0) is 22.9. The summed E-state index contributed by atoms with van der Waals surface area (Å²) in [6, 6.07) is 10.5. The maximum Gasteiger partial charge on any atom is 0.253 e. The van der Waals surface area contributed by atoms with Gasteiger partial charge in [0.2, 0.25) is 5.91 Å². The SMILES string of the molecule is CC(C)c1ccc(-c2csc(NC(=O)C3CCCCN3S(=O)(=O)c3ccc(Cl)s3)n2)cc1. The molecule has 6 nitrogen and oxygen atoms in total. The van der Waals surface area contributed by atoms with Gasteiger partial charge in [-0.2, -0.15) is 4.31 Å². The molecule has 3 heterocycles. The number of benzene rings is 1. The van der Waals surface area contributed by atoms with Crippen LogP contribution in [0.3, 0.4) is 0 Å². The van der Waals surface area contributed by atoms with Crippen molar-refractivity contribution >= 4 is 55.3 Å². The summed E-state index contributed by atoms with van der Waals surface area (Å²) in [6.45, 7) is 4.60. The summed E-state index contributed by atoms with van der Waals surface area (Å²) >= 11 is 8.27. The minimum absolute atomic E-state index is 0.156. The lowest BCUT2D eigenvalue weighted by molar-refractivity contribution is -0.120. The third-order valence-electron chi connectivity index (χ3n) is 5.48. The second-order valence-electron chi connectivity index (χ2n) is 7.99. The molecule has 0 saturated carbocycles. The number of carbonyl (C=O) groups is 1. The van der Waals surface area contributed by atoms with Gasteiger partial charge in [0.25, 0.3) is 10.0 Å². The molecule has 1 N–H and O–H groups in total. The lowest BCUT2D eigenvalue weighted by atomic mass is 10.0. The van der Waals surface area contributed by atoms with E-state index in [-0.39, 0.29) is 10.1 Å². The Hall–Kier alpha value is -1.78. The van der Waals surface area contributed by atoms with E-state index in [1.807, 2.05) is 17.5 Å². The van der Waals surface area contributed by atoms with E-state index in [0.717, 1.165) is 35.4 Å². The molecule has 0 spiro atoms. The van der Waals surface area contributed by atoms with Crippen molar-refractivity contribution in [3.8, 4) is 11.3 Å². The van der Waals surface area contributed by atoms with Crippen LogP contribution in [-0.2, 0) is 14.8 Å². The second-order valence-corrected chi connectivity index (χ2v) is 12.7. The van der Waals surface area contributed by atoms with Crippen molar-refractivity contribution in [2.45, 2.75) is 49.3 Å². The molecule has 1 aliphatic heterocycles. The van der Waals surface area contributed by atoms with Gasteiger partial charge in [0, 0.05) is 17.5 Å². The van der Waals surface area contributed by atoms with Gasteiger partial charge in [-0.25, -0.2) is 13.4 Å². The van der Waals surface area contributed by atoms with Crippen LogP contribution in [0.15, 0.2) is 46.0 Å². The van der Waals surface area contributed by atoms with Crippen LogP contribution in [0, 0.1) is 0 Å². The Bertz CT molecular complexity index is 1200. The number of aromatic nitrogens is 1. The largest absolute Gasteiger partial charge is 0.301 e. The topological polar surface area (TPSA) is 79.4 Å². The molecule has 0 aliphatic carbocycles. The summed E-state index contributed by atoms with van der Waals surface area (Å²) in [6.07, 6.45) is 1.98. The van der Waals surface area contributed by atoms with Crippen molar-refractivity contribution in [1.29, 1.82) is 0 Å². The highest BCUT2D eigenvalue weighted by Crippen LogP contribution is 2.33. The van der Waals surface area contributed by atoms with Crippen molar-refractivity contribution < 1.29 is 13.2 Å². The van der Waals surface area contributed by atoms with E-state index < -0.39 is 16.1 Å². The molecule has 1 unspecified atom stereocenters. The fourth-order valence-electron chi connectivity index (χ4n) is 3.70. The maximum atomic E-state index is 13.1. The molecule has 1 fully saturated rings. The maximum absolute atomic E-state index is 13.1. The minimum Gasteiger partial charge on any atom is -0.301 e. The molecule has 1 saturated heterocycles. The third kappa shape index (κ3) is 4.92. The van der Waals surface area contributed by atoms with Gasteiger partial charge >= 0.3 is 0 Å². The predicted octanol–water partition coefficient (Wildman–Crippen LogP) is 5.83. The van der Waals surface area contributed by atoms with Gasteiger partial charge in [-0.15, -0.1) is 22.7 Å². The summed E-state index contributed by atoms with van der Waals surface area (Å²) in [5.74, 6) is 0.0984. The first-order chi connectivity index (χ1) is 15.3. The zero-order valence-corrected chi connectivity index (χ0v) is 21.0. The van der Waals surface area contributed by atoms with E-state index in [2.05, 4.69) is 36.3 Å². The molecule has 32 heavy (non-hydrogen) atoms. The number of nitrogens with one attached hydrogen (secondary N) is 1. The van der Waals surface area contributed by atoms with Crippen LogP contribution >= 0.6 is 34.3 Å². The van der Waals surface area contributed by atoms with Gasteiger partial charge in [-0.3, -0.25) is 4.79 Å². The molecule has 2 aromatic heterocycles. The average molecular weight is 510 g/mol. The van der Waals surface area contributed by atoms with E-state index in [0.29, 0.717) is 28.4 Å². The number of amides is 1. The molecule has 170 valence electrons. The number of thiophene rings is 1. The number of halogens is 1. The summed E-state index contributed by atoms with van der Waals surface area (Å²) < 4.78 is 28.1. The Morgan fingerprint density at radius 3 is 2.59 bits per heavy atom. The predicted molar refractivity (Wildman–Crippen MR) is 131 cm³/mol. The number of hydrogen-bond donors (Lipinski definition) is 1. The van der Waals surface area contributed by atoms with E-state index >= 15 is 0 Å². The van der Waals surface area contributed by atoms with E-state index in [1.165, 1.54) is 27.3 Å². The van der Waals surface area contributed by atoms with Crippen LogP contribution in [0.2, 0.25) is 4.34 Å². The Labute approximate surface area is 201 Å². The number of anilines is 1. The molecule has 1 aliphatic rings. The molecule has 1 aromatic carbocycles. The lowest BCUT2D eigenvalue weighted by Crippen LogP contribution is -2.49. The molecule has 4 rings (SSSR count). The van der Waals surface area contributed by atoms with Crippen LogP contribution in [0.25, 0.3) is 11.3 Å². The van der Waals surface area contributed by atoms with E-state index in [9.17, 15) is 13.2 Å². The number of thiazole rings is 1. The minimum atomic E-state index is -3.79. The van der Waals surface area contributed by atoms with Crippen LogP contribution < -0.4 is 5.32 Å². The quantitative estimate of drug-likeness (QED) is 0.453. The first kappa shape index (κ1) is 23.4. The summed E-state index contributed by atoms with van der Waals surface area (Å²) in [5, 5.41) is 5.18. The molecule has 3 aromatic rings. The van der Waals surface area contributed by atoms with Gasteiger partial charge in [0.05, 0.1) is 10.0 Å². The first-order valence-corrected chi connectivity index (χ1v) is 13.9. The number of carbonyl (C=O) groups excluding carboxylic acids is 1. The molecule has 0 bridgehead atoms. The van der Waals surface area contributed by atoms with Gasteiger partial charge in [-0.1, -0.05) is 56.1 Å². The van der Waals surface area contributed by atoms with Gasteiger partial charge in [-0.05, 0) is 36.5 Å². The molecule has 1 atom stereocenters. The summed E-state index contributed by atoms with van der Waals surface area (Å²) in [7, 11) is -3.79. The number of piperidine rings is 1. The monoisotopic (exact) mass is 509 g/mol. The van der Waals surface area contributed by atoms with Gasteiger partial charge in [0.15, 0.2) is 5.13 Å². The highest BCUT2D eigenvalue weighted by molar-refractivity contribution is 7.91. The van der Waals surface area contributed by atoms with Crippen molar-refractivity contribution in [2.75, 3.05) is 11.9 Å². The number of rotatable bonds is 6. The summed E-state index contributed by atoms with van der Waals surface area (Å²) in [4.78, 5) is 17.6. The average Bonchev–Trinajstić information content (AvgIpc) is 3.43. The Balaban J connectivity index is 1.50. The molecular weight excluding hydrogens is 486 g/mol. The van der Waals surface area contributed by atoms with Crippen LogP contribution in [0.1, 0.15) is 44.6 Å². The Kier molecular flexibility index (Phi) is 7.02. The molecular formula is C22H24ClN3O3S3. The smallest absolute Gasteiger partial charge is 0.253 e. The number of hydrogen-bond acceptors (Lipinski definition) is 6. The van der Waals surface area contributed by atoms with Crippen LogP contribution in [0.5, 0.6) is 0 Å². The Morgan fingerprint density at radius 2 is 1.94 bits per heavy atom. The van der Waals surface area contributed by atoms with Crippen molar-refractivity contribution in [2.24, 2.45) is 0 Å². The van der Waals surface area contributed by atoms with E-state index in [1.54, 1.807) is 6.07 Å². The summed E-state index contributed by atoms with van der Waals surface area (Å²) in [5.41, 5.74) is 3.01. The highest BCUT2D eigenvalue weighted by atomic mass is 35.5. The normalized spacial score (nSPS) is 17.6. The second kappa shape index (κ2) is 9.61. The van der Waals surface area contributed by atoms with Crippen molar-refractivity contribution in [1.82, 2.24) is 9.29 Å². The number of nitrogens with zero attached hydrogens (tertiary/aromatic N) is 2. The highest BCUT2D eigenvalue weighted by Gasteiger charge is 2.38. The standard InChI is InChI=1S/C22H24ClN3O3S3/c1-14(2)15-6-8-16(9-7-15)17-13-30-22(24-17)25-21(27)18-5-3-4-12-26(18)32(28,29)20-11-10-19(23)31-20/h6-11,13-14,18H,3-5,12H2,1-2H3,(H,24,25,27). The van der Waals surface area contributed by atoms with Crippen LogP contribution in [-0.4, -0.2) is 36.2 Å². The first-order valence-electron chi connectivity index (χ1n) is 10.4. The van der Waals surface area contributed by atoms with Gasteiger partial charge in [0.1, 0.15) is 10.3 Å². The Morgan fingerprint density at radius 1 is 1.19 bits per heavy atom. The zero-order valence-electron chi connectivity index (χ0n) is 17.7. The van der Waals surface area contributed by atoms with Crippen molar-refractivity contribution in [3.05, 3.63) is 51.7 Å². The number of sulfonamides is 1. The fourth-order valence-corrected chi connectivity index (χ4v) is 7.69. The van der Waals surface area contributed by atoms with Crippen molar-refractivity contribution in [3.63, 3.8) is 0 Å². The lowest BCUT2D eigenvalue weighted by Gasteiger charge is -2.32.